The van der Waals surface area contributed by atoms with E-state index in [0.717, 1.165) is 30.9 Å². The van der Waals surface area contributed by atoms with E-state index in [9.17, 15) is 14.7 Å². The zero-order chi connectivity index (χ0) is 19.8. The number of nitrogens with zero attached hydrogens (tertiary/aromatic N) is 2. The van der Waals surface area contributed by atoms with Crippen molar-refractivity contribution < 1.29 is 14.7 Å². The van der Waals surface area contributed by atoms with Gasteiger partial charge in [-0.05, 0) is 57.3 Å². The van der Waals surface area contributed by atoms with Crippen molar-refractivity contribution in [2.75, 3.05) is 26.2 Å². The number of thiophene rings is 1. The molecule has 1 aliphatic rings. The highest BCUT2D eigenvalue weighted by atomic mass is 32.1. The van der Waals surface area contributed by atoms with Crippen molar-refractivity contribution >= 4 is 23.0 Å². The maximum atomic E-state index is 12.6. The quantitative estimate of drug-likeness (QED) is 0.575. The van der Waals surface area contributed by atoms with Crippen LogP contribution in [0.1, 0.15) is 63.8 Å². The standard InChI is InChI=1S/C21H32N2O3S/c1-4-6-11-22(12-7-5-2)13-9-14-23-19(17-10-8-15-27-17)18(16(3)24)20(25)21(23)26/h8,10,15,19,25H,4-7,9,11-14H2,1-3H3/t19-/m0/s1. The van der Waals surface area contributed by atoms with Crippen LogP contribution in [0.2, 0.25) is 0 Å². The Labute approximate surface area is 166 Å². The Morgan fingerprint density at radius 3 is 2.33 bits per heavy atom. The third-order valence-electron chi connectivity index (χ3n) is 5.02. The van der Waals surface area contributed by atoms with E-state index in [4.69, 9.17) is 0 Å². The highest BCUT2D eigenvalue weighted by Gasteiger charge is 2.42. The fourth-order valence-corrected chi connectivity index (χ4v) is 4.40. The first-order valence-corrected chi connectivity index (χ1v) is 10.9. The van der Waals surface area contributed by atoms with Crippen LogP contribution in [0.5, 0.6) is 0 Å². The van der Waals surface area contributed by atoms with Crippen LogP contribution in [0.25, 0.3) is 0 Å². The van der Waals surface area contributed by atoms with E-state index in [1.807, 2.05) is 17.5 Å². The summed E-state index contributed by atoms with van der Waals surface area (Å²) in [5.74, 6) is -1.05. The molecule has 5 nitrogen and oxygen atoms in total. The van der Waals surface area contributed by atoms with Crippen molar-refractivity contribution in [2.45, 2.75) is 58.9 Å². The molecule has 0 aliphatic carbocycles. The molecule has 0 fully saturated rings. The molecule has 1 atom stereocenters. The molecule has 1 aromatic heterocycles. The molecule has 1 N–H and O–H groups in total. The molecule has 27 heavy (non-hydrogen) atoms. The Morgan fingerprint density at radius 1 is 1.19 bits per heavy atom. The SMILES string of the molecule is CCCCN(CCCC)CCCN1C(=O)C(O)=C(C(C)=O)[C@@H]1c1cccs1. The highest BCUT2D eigenvalue weighted by Crippen LogP contribution is 2.39. The summed E-state index contributed by atoms with van der Waals surface area (Å²) in [7, 11) is 0. The molecular formula is C21H32N2O3S. The number of carbonyl (C=O) groups is 2. The molecule has 0 radical (unpaired) electrons. The number of rotatable bonds is 12. The molecule has 0 aromatic carbocycles. The Morgan fingerprint density at radius 2 is 1.81 bits per heavy atom. The first-order valence-electron chi connectivity index (χ1n) is 10.0. The van der Waals surface area contributed by atoms with E-state index in [2.05, 4.69) is 18.7 Å². The summed E-state index contributed by atoms with van der Waals surface area (Å²) in [5, 5.41) is 12.2. The molecule has 0 unspecified atom stereocenters. The van der Waals surface area contributed by atoms with Gasteiger partial charge >= 0.3 is 0 Å². The average molecular weight is 393 g/mol. The second-order valence-corrected chi connectivity index (χ2v) is 8.12. The van der Waals surface area contributed by atoms with E-state index in [-0.39, 0.29) is 17.1 Å². The second kappa shape index (κ2) is 10.6. The van der Waals surface area contributed by atoms with Crippen LogP contribution in [-0.2, 0) is 9.59 Å². The predicted molar refractivity (Wildman–Crippen MR) is 110 cm³/mol. The number of aliphatic hydroxyl groups is 1. The number of hydrogen-bond donors (Lipinski definition) is 1. The summed E-state index contributed by atoms with van der Waals surface area (Å²) in [4.78, 5) is 29.7. The van der Waals surface area contributed by atoms with Gasteiger partial charge in [0.1, 0.15) is 0 Å². The van der Waals surface area contributed by atoms with Crippen LogP contribution < -0.4 is 0 Å². The maximum absolute atomic E-state index is 12.6. The molecule has 2 rings (SSSR count). The summed E-state index contributed by atoms with van der Waals surface area (Å²) in [6, 6.07) is 3.38. The molecule has 0 bridgehead atoms. The van der Waals surface area contributed by atoms with Gasteiger partial charge in [0.25, 0.3) is 5.91 Å². The van der Waals surface area contributed by atoms with E-state index >= 15 is 0 Å². The molecule has 2 heterocycles. The van der Waals surface area contributed by atoms with Crippen molar-refractivity contribution in [2.24, 2.45) is 0 Å². The number of hydrogen-bond acceptors (Lipinski definition) is 5. The van der Waals surface area contributed by atoms with Gasteiger partial charge in [-0.2, -0.15) is 0 Å². The van der Waals surface area contributed by atoms with Gasteiger partial charge in [-0.25, -0.2) is 0 Å². The lowest BCUT2D eigenvalue weighted by molar-refractivity contribution is -0.129. The summed E-state index contributed by atoms with van der Waals surface area (Å²) in [5.41, 5.74) is 0.233. The Hall–Kier alpha value is -1.66. The van der Waals surface area contributed by atoms with E-state index in [1.165, 1.54) is 43.9 Å². The van der Waals surface area contributed by atoms with Gasteiger partial charge in [0.2, 0.25) is 0 Å². The van der Waals surface area contributed by atoms with Gasteiger partial charge in [-0.3, -0.25) is 9.59 Å². The predicted octanol–water partition coefficient (Wildman–Crippen LogP) is 4.32. The van der Waals surface area contributed by atoms with E-state index in [0.29, 0.717) is 6.54 Å². The number of unbranched alkanes of at least 4 members (excludes halogenated alkanes) is 2. The summed E-state index contributed by atoms with van der Waals surface area (Å²) in [6.07, 6.45) is 5.54. The largest absolute Gasteiger partial charge is 0.503 e. The number of carbonyl (C=O) groups excluding carboxylic acids is 2. The molecule has 0 spiro atoms. The van der Waals surface area contributed by atoms with Crippen molar-refractivity contribution in [3.05, 3.63) is 33.7 Å². The van der Waals surface area contributed by atoms with E-state index < -0.39 is 11.9 Å². The molecular weight excluding hydrogens is 360 g/mol. The topological polar surface area (TPSA) is 60.9 Å². The lowest BCUT2D eigenvalue weighted by atomic mass is 10.0. The minimum Gasteiger partial charge on any atom is -0.503 e. The van der Waals surface area contributed by atoms with Crippen molar-refractivity contribution in [1.82, 2.24) is 9.80 Å². The van der Waals surface area contributed by atoms with E-state index in [1.54, 1.807) is 4.90 Å². The Kier molecular flexibility index (Phi) is 8.51. The maximum Gasteiger partial charge on any atom is 0.290 e. The summed E-state index contributed by atoms with van der Waals surface area (Å²) in [6.45, 7) is 9.45. The number of Topliss-reactive ketones (excluding diaryl/α,β-unsaturated/α-hetero) is 1. The van der Waals surface area contributed by atoms with Gasteiger partial charge in [0, 0.05) is 11.4 Å². The lowest BCUT2D eigenvalue weighted by Gasteiger charge is -2.27. The molecule has 1 aliphatic heterocycles. The molecule has 0 saturated carbocycles. The van der Waals surface area contributed by atoms with Gasteiger partial charge in [-0.15, -0.1) is 11.3 Å². The first kappa shape index (κ1) is 21.6. The van der Waals surface area contributed by atoms with Crippen LogP contribution in [0, 0.1) is 0 Å². The number of amides is 1. The molecule has 150 valence electrons. The van der Waals surface area contributed by atoms with Crippen molar-refractivity contribution in [1.29, 1.82) is 0 Å². The fourth-order valence-electron chi connectivity index (χ4n) is 3.55. The number of aliphatic hydroxyl groups excluding tert-OH is 1. The summed E-state index contributed by atoms with van der Waals surface area (Å²) < 4.78 is 0. The third kappa shape index (κ3) is 5.42. The molecule has 0 saturated heterocycles. The highest BCUT2D eigenvalue weighted by molar-refractivity contribution is 7.10. The fraction of sp³-hybridized carbons (Fsp3) is 0.619. The monoisotopic (exact) mass is 392 g/mol. The van der Waals surface area contributed by atoms with Crippen molar-refractivity contribution in [3.63, 3.8) is 0 Å². The zero-order valence-electron chi connectivity index (χ0n) is 16.7. The Balaban J connectivity index is 2.05. The van der Waals surface area contributed by atoms with Crippen LogP contribution in [0.3, 0.4) is 0 Å². The van der Waals surface area contributed by atoms with Crippen LogP contribution in [0.15, 0.2) is 28.8 Å². The number of ketones is 1. The molecule has 6 heteroatoms. The average Bonchev–Trinajstić information content (AvgIpc) is 3.25. The summed E-state index contributed by atoms with van der Waals surface area (Å²) >= 11 is 1.51. The third-order valence-corrected chi connectivity index (χ3v) is 5.95. The molecule has 1 amide bonds. The van der Waals surface area contributed by atoms with Gasteiger partial charge in [0.15, 0.2) is 11.5 Å². The van der Waals surface area contributed by atoms with Crippen LogP contribution >= 0.6 is 11.3 Å². The second-order valence-electron chi connectivity index (χ2n) is 7.14. The zero-order valence-corrected chi connectivity index (χ0v) is 17.6. The minimum absolute atomic E-state index is 0.233. The minimum atomic E-state index is -0.449. The van der Waals surface area contributed by atoms with Crippen molar-refractivity contribution in [3.8, 4) is 0 Å². The van der Waals surface area contributed by atoms with Gasteiger partial charge < -0.3 is 14.9 Å². The smallest absolute Gasteiger partial charge is 0.290 e. The van der Waals surface area contributed by atoms with Gasteiger partial charge in [0.05, 0.1) is 11.6 Å². The van der Waals surface area contributed by atoms with Crippen LogP contribution in [-0.4, -0.2) is 52.8 Å². The first-order chi connectivity index (χ1) is 13.0. The molecule has 1 aromatic rings. The van der Waals surface area contributed by atoms with Gasteiger partial charge in [-0.1, -0.05) is 32.8 Å². The van der Waals surface area contributed by atoms with Crippen LogP contribution in [0.4, 0.5) is 0 Å². The lowest BCUT2D eigenvalue weighted by Crippen LogP contribution is -2.34. The Bertz CT molecular complexity index is 646. The normalized spacial score (nSPS) is 17.4.